The third-order valence-electron chi connectivity index (χ3n) is 3.49. The molecular formula is C13H15N5O4S. The fourth-order valence-corrected chi connectivity index (χ4v) is 3.68. The zero-order valence-corrected chi connectivity index (χ0v) is 13.2. The molecular weight excluding hydrogens is 322 g/mol. The maximum absolute atomic E-state index is 12.0. The van der Waals surface area contributed by atoms with E-state index in [1.807, 2.05) is 6.92 Å². The van der Waals surface area contributed by atoms with E-state index in [4.69, 9.17) is 9.47 Å². The smallest absolute Gasteiger partial charge is 0.430 e. The molecule has 0 aromatic carbocycles. The van der Waals surface area contributed by atoms with Gasteiger partial charge >= 0.3 is 6.16 Å². The lowest BCUT2D eigenvalue weighted by Gasteiger charge is -2.40. The average Bonchev–Trinajstić information content (AvgIpc) is 3.17. The van der Waals surface area contributed by atoms with E-state index in [9.17, 15) is 9.59 Å². The molecule has 2 aliphatic heterocycles. The largest absolute Gasteiger partial charge is 0.515 e. The lowest BCUT2D eigenvalue weighted by atomic mass is 10.0. The highest BCUT2D eigenvalue weighted by atomic mass is 32.2. The number of carbonyl (C=O) groups excluding carboxylic acids is 2. The fourth-order valence-electron chi connectivity index (χ4n) is 2.32. The topological polar surface area (TPSA) is 99.4 Å². The number of amides is 1. The molecule has 0 saturated carbocycles. The molecule has 3 heterocycles. The molecule has 1 aromatic heterocycles. The molecule has 10 heteroatoms. The molecule has 0 N–H and O–H groups in total. The lowest BCUT2D eigenvalue weighted by Crippen LogP contribution is -2.55. The number of allylic oxidation sites excluding steroid dienone is 1. The summed E-state index contributed by atoms with van der Waals surface area (Å²) < 4.78 is 11.6. The molecule has 23 heavy (non-hydrogen) atoms. The highest BCUT2D eigenvalue weighted by Gasteiger charge is 2.53. The molecule has 9 nitrogen and oxygen atoms in total. The first-order valence-corrected chi connectivity index (χ1v) is 7.89. The van der Waals surface area contributed by atoms with Crippen molar-refractivity contribution in [3.63, 3.8) is 0 Å². The van der Waals surface area contributed by atoms with Crippen molar-refractivity contribution in [3.8, 4) is 0 Å². The quantitative estimate of drug-likeness (QED) is 0.432. The second-order valence-corrected chi connectivity index (χ2v) is 6.22. The van der Waals surface area contributed by atoms with Crippen LogP contribution in [0.25, 0.3) is 0 Å². The number of β-lactam (4-membered cyclic amide) rings is 1. The van der Waals surface area contributed by atoms with Gasteiger partial charge < -0.3 is 9.47 Å². The molecule has 3 rings (SSSR count). The van der Waals surface area contributed by atoms with Crippen molar-refractivity contribution in [2.24, 2.45) is 5.92 Å². The minimum Gasteiger partial charge on any atom is -0.430 e. The fraction of sp³-hybridized carbons (Fsp3) is 0.462. The van der Waals surface area contributed by atoms with Crippen molar-refractivity contribution in [2.45, 2.75) is 25.3 Å². The first-order valence-electron chi connectivity index (χ1n) is 7.01. The molecule has 0 aliphatic carbocycles. The van der Waals surface area contributed by atoms with Crippen LogP contribution in [0.2, 0.25) is 0 Å². The lowest BCUT2D eigenvalue weighted by molar-refractivity contribution is -0.148. The Balaban J connectivity index is 1.72. The van der Waals surface area contributed by atoms with Crippen molar-refractivity contribution in [3.05, 3.63) is 29.8 Å². The van der Waals surface area contributed by atoms with Gasteiger partial charge in [0.25, 0.3) is 0 Å². The van der Waals surface area contributed by atoms with Gasteiger partial charge in [0.1, 0.15) is 18.3 Å². The van der Waals surface area contributed by atoms with Crippen LogP contribution in [0.3, 0.4) is 0 Å². The minimum absolute atomic E-state index is 0.0337. The van der Waals surface area contributed by atoms with Crippen LogP contribution < -0.4 is 0 Å². The van der Waals surface area contributed by atoms with E-state index in [2.05, 4.69) is 22.1 Å². The molecule has 1 fully saturated rings. The summed E-state index contributed by atoms with van der Waals surface area (Å²) in [5.74, 6) is 0.0880. The van der Waals surface area contributed by atoms with Crippen LogP contribution in [-0.4, -0.2) is 49.2 Å². The van der Waals surface area contributed by atoms with E-state index < -0.39 is 6.16 Å². The standard InChI is InChI=1S/C13H15N5O4S/c1-3-6-21-13(20)22-11-9(4-5-17-7-14-15-16-17)23-12-8(2)10(19)18(11)12/h3,7-8,12H,1,4-6H2,2H3/t8-,12+/m0/s1. The highest BCUT2D eigenvalue weighted by molar-refractivity contribution is 8.04. The van der Waals surface area contributed by atoms with E-state index in [-0.39, 0.29) is 29.7 Å². The summed E-state index contributed by atoms with van der Waals surface area (Å²) in [6.07, 6.45) is 2.64. The second kappa shape index (κ2) is 6.41. The second-order valence-electron chi connectivity index (χ2n) is 5.01. The number of hydrogen-bond donors (Lipinski definition) is 0. The van der Waals surface area contributed by atoms with Gasteiger partial charge in [-0.15, -0.1) is 5.10 Å². The molecule has 1 amide bonds. The van der Waals surface area contributed by atoms with Gasteiger partial charge in [-0.2, -0.15) is 0 Å². The van der Waals surface area contributed by atoms with Crippen LogP contribution in [-0.2, 0) is 20.8 Å². The summed E-state index contributed by atoms with van der Waals surface area (Å²) >= 11 is 1.52. The number of thioether (sulfide) groups is 1. The summed E-state index contributed by atoms with van der Waals surface area (Å²) in [5, 5.41) is 10.9. The van der Waals surface area contributed by atoms with E-state index in [1.54, 1.807) is 4.68 Å². The molecule has 2 aliphatic rings. The maximum atomic E-state index is 12.0. The number of nitrogens with zero attached hydrogens (tertiary/aromatic N) is 5. The number of rotatable bonds is 6. The Morgan fingerprint density at radius 3 is 3.09 bits per heavy atom. The van der Waals surface area contributed by atoms with Crippen LogP contribution >= 0.6 is 11.8 Å². The maximum Gasteiger partial charge on any atom is 0.515 e. The highest BCUT2D eigenvalue weighted by Crippen LogP contribution is 2.50. The SMILES string of the molecule is C=CCOC(=O)OC1=C(CCn2cnnn2)S[C@@H]2[C@@H](C)C(=O)N12. The molecule has 0 unspecified atom stereocenters. The Labute approximate surface area is 136 Å². The van der Waals surface area contributed by atoms with E-state index in [1.165, 1.54) is 29.1 Å². The van der Waals surface area contributed by atoms with Crippen molar-refractivity contribution in [2.75, 3.05) is 6.61 Å². The van der Waals surface area contributed by atoms with E-state index in [0.29, 0.717) is 13.0 Å². The molecule has 1 aromatic rings. The zero-order chi connectivity index (χ0) is 16.4. The van der Waals surface area contributed by atoms with E-state index in [0.717, 1.165) is 4.91 Å². The van der Waals surface area contributed by atoms with Gasteiger partial charge in [0.15, 0.2) is 0 Å². The summed E-state index contributed by atoms with van der Waals surface area (Å²) in [5.41, 5.74) is 0. The molecule has 0 bridgehead atoms. The summed E-state index contributed by atoms with van der Waals surface area (Å²) in [6, 6.07) is 0. The number of tetrazole rings is 1. The number of aromatic nitrogens is 4. The number of aryl methyl sites for hydroxylation is 1. The third kappa shape index (κ3) is 2.93. The Kier molecular flexibility index (Phi) is 4.33. The molecule has 2 atom stereocenters. The van der Waals surface area contributed by atoms with E-state index >= 15 is 0 Å². The molecule has 122 valence electrons. The first-order chi connectivity index (χ1) is 11.1. The predicted molar refractivity (Wildman–Crippen MR) is 79.5 cm³/mol. The van der Waals surface area contributed by atoms with Gasteiger partial charge in [0.05, 0.1) is 5.92 Å². The van der Waals surface area contributed by atoms with Crippen molar-refractivity contribution < 1.29 is 19.1 Å². The van der Waals surface area contributed by atoms with Gasteiger partial charge in [-0.1, -0.05) is 31.3 Å². The Morgan fingerprint density at radius 1 is 1.57 bits per heavy atom. The van der Waals surface area contributed by atoms with Crippen molar-refractivity contribution >= 4 is 23.8 Å². The summed E-state index contributed by atoms with van der Waals surface area (Å²) in [4.78, 5) is 26.0. The van der Waals surface area contributed by atoms with Crippen molar-refractivity contribution in [1.82, 2.24) is 25.1 Å². The molecule has 0 spiro atoms. The Bertz CT molecular complexity index is 659. The number of ether oxygens (including phenoxy) is 2. The summed E-state index contributed by atoms with van der Waals surface area (Å²) in [7, 11) is 0. The van der Waals surface area contributed by atoms with Crippen LogP contribution in [0.15, 0.2) is 29.8 Å². The Hall–Kier alpha value is -2.36. The van der Waals surface area contributed by atoms with Crippen LogP contribution in [0.1, 0.15) is 13.3 Å². The minimum atomic E-state index is -0.853. The average molecular weight is 337 g/mol. The third-order valence-corrected chi connectivity index (χ3v) is 5.01. The molecule has 0 radical (unpaired) electrons. The van der Waals surface area contributed by atoms with Crippen LogP contribution in [0, 0.1) is 5.92 Å². The zero-order valence-electron chi connectivity index (χ0n) is 12.4. The van der Waals surface area contributed by atoms with Gasteiger partial charge in [-0.25, -0.2) is 9.48 Å². The van der Waals surface area contributed by atoms with Gasteiger partial charge in [-0.3, -0.25) is 9.69 Å². The van der Waals surface area contributed by atoms with Gasteiger partial charge in [0.2, 0.25) is 11.8 Å². The predicted octanol–water partition coefficient (Wildman–Crippen LogP) is 1.12. The Morgan fingerprint density at radius 2 is 2.39 bits per heavy atom. The van der Waals surface area contributed by atoms with Gasteiger partial charge in [-0.05, 0) is 10.4 Å². The monoisotopic (exact) mass is 337 g/mol. The van der Waals surface area contributed by atoms with Crippen LogP contribution in [0.4, 0.5) is 4.79 Å². The number of hydrogen-bond acceptors (Lipinski definition) is 8. The normalized spacial score (nSPS) is 22.7. The van der Waals surface area contributed by atoms with Gasteiger partial charge in [0, 0.05) is 17.9 Å². The van der Waals surface area contributed by atoms with Crippen molar-refractivity contribution in [1.29, 1.82) is 0 Å². The number of carbonyl (C=O) groups is 2. The number of fused-ring (bicyclic) bond motifs is 1. The first kappa shape index (κ1) is 15.5. The van der Waals surface area contributed by atoms with Crippen LogP contribution in [0.5, 0.6) is 0 Å². The summed E-state index contributed by atoms with van der Waals surface area (Å²) in [6.45, 7) is 5.89. The molecule has 1 saturated heterocycles.